The van der Waals surface area contributed by atoms with Crippen molar-refractivity contribution in [2.75, 3.05) is 4.90 Å². The van der Waals surface area contributed by atoms with E-state index in [0.29, 0.717) is 12.0 Å². The predicted molar refractivity (Wildman–Crippen MR) is 120 cm³/mol. The molecule has 1 aromatic heterocycles. The number of pyridine rings is 1. The van der Waals surface area contributed by atoms with Gasteiger partial charge in [-0.25, -0.2) is 0 Å². The van der Waals surface area contributed by atoms with Gasteiger partial charge in [0.05, 0.1) is 5.69 Å². The van der Waals surface area contributed by atoms with E-state index in [-0.39, 0.29) is 5.41 Å². The standard InChI is InChI=1S/C25H40N2/c1-8-14-23(19(7)9-2)27-21(10-3)16-15-20-17-26-18-22(24(20)27)25(11-4,12-5)13-6/h10,15-19,23H,8-9,11-14H2,1-7H3. The number of rotatable bonds is 9. The minimum absolute atomic E-state index is 0.201. The van der Waals surface area contributed by atoms with Crippen molar-refractivity contribution in [3.8, 4) is 0 Å². The van der Waals surface area contributed by atoms with Crippen LogP contribution in [0.3, 0.4) is 0 Å². The Morgan fingerprint density at radius 1 is 1.04 bits per heavy atom. The average Bonchev–Trinajstić information content (AvgIpc) is 2.72. The quantitative estimate of drug-likeness (QED) is 0.448. The highest BCUT2D eigenvalue weighted by Gasteiger charge is 2.36. The molecule has 0 saturated carbocycles. The fourth-order valence-corrected chi connectivity index (χ4v) is 4.78. The molecule has 0 bridgehead atoms. The van der Waals surface area contributed by atoms with Crippen LogP contribution in [0.4, 0.5) is 5.69 Å². The first-order chi connectivity index (χ1) is 13.0. The number of hydrogen-bond acceptors (Lipinski definition) is 2. The Balaban J connectivity index is 2.76. The molecule has 1 aliphatic heterocycles. The van der Waals surface area contributed by atoms with Gasteiger partial charge >= 0.3 is 0 Å². The summed E-state index contributed by atoms with van der Waals surface area (Å²) < 4.78 is 0. The maximum Gasteiger partial charge on any atom is 0.0556 e. The first kappa shape index (κ1) is 21.7. The van der Waals surface area contributed by atoms with Crippen molar-refractivity contribution in [3.05, 3.63) is 41.4 Å². The molecule has 0 fully saturated rings. The number of aromatic nitrogens is 1. The van der Waals surface area contributed by atoms with E-state index in [2.05, 4.69) is 89.0 Å². The molecule has 1 aliphatic rings. The molecule has 2 rings (SSSR count). The zero-order valence-electron chi connectivity index (χ0n) is 18.7. The fraction of sp³-hybridized carbons (Fsp3) is 0.640. The van der Waals surface area contributed by atoms with Crippen LogP contribution in [0.15, 0.2) is 30.2 Å². The van der Waals surface area contributed by atoms with Gasteiger partial charge in [0, 0.05) is 35.3 Å². The first-order valence-electron chi connectivity index (χ1n) is 11.1. The maximum absolute atomic E-state index is 4.67. The summed E-state index contributed by atoms with van der Waals surface area (Å²) in [7, 11) is 0. The fourth-order valence-electron chi connectivity index (χ4n) is 4.78. The maximum atomic E-state index is 4.67. The average molecular weight is 369 g/mol. The Morgan fingerprint density at radius 3 is 2.22 bits per heavy atom. The molecule has 2 unspecified atom stereocenters. The molecule has 150 valence electrons. The van der Waals surface area contributed by atoms with Crippen molar-refractivity contribution < 1.29 is 0 Å². The second-order valence-electron chi connectivity index (χ2n) is 8.12. The largest absolute Gasteiger partial charge is 0.338 e. The molecule has 0 saturated heterocycles. The lowest BCUT2D eigenvalue weighted by atomic mass is 9.72. The predicted octanol–water partition coefficient (Wildman–Crippen LogP) is 7.50. The first-order valence-corrected chi connectivity index (χ1v) is 11.1. The van der Waals surface area contributed by atoms with Crippen molar-refractivity contribution in [3.63, 3.8) is 0 Å². The van der Waals surface area contributed by atoms with Crippen LogP contribution in [-0.4, -0.2) is 11.0 Å². The zero-order valence-corrected chi connectivity index (χ0v) is 18.7. The summed E-state index contributed by atoms with van der Waals surface area (Å²) in [6.07, 6.45) is 18.1. The van der Waals surface area contributed by atoms with Gasteiger partial charge in [0.1, 0.15) is 0 Å². The Labute approximate surface area is 167 Å². The third kappa shape index (κ3) is 4.00. The molecule has 0 radical (unpaired) electrons. The number of nitrogens with zero attached hydrogens (tertiary/aromatic N) is 2. The van der Waals surface area contributed by atoms with E-state index in [1.165, 1.54) is 41.8 Å². The summed E-state index contributed by atoms with van der Waals surface area (Å²) in [5.41, 5.74) is 5.69. The van der Waals surface area contributed by atoms with Crippen LogP contribution >= 0.6 is 0 Å². The van der Waals surface area contributed by atoms with Gasteiger partial charge in [-0.3, -0.25) is 4.98 Å². The SMILES string of the molecule is CC=C1C=Cc2cncc(C(CC)(CC)CC)c2N1C(CCC)C(C)CC. The topological polar surface area (TPSA) is 16.1 Å². The van der Waals surface area contributed by atoms with Gasteiger partial charge in [0.25, 0.3) is 0 Å². The summed E-state index contributed by atoms with van der Waals surface area (Å²) >= 11 is 0. The van der Waals surface area contributed by atoms with Gasteiger partial charge < -0.3 is 4.90 Å². The Kier molecular flexibility index (Phi) is 7.70. The lowest BCUT2D eigenvalue weighted by Gasteiger charge is -2.44. The van der Waals surface area contributed by atoms with Gasteiger partial charge in [0.15, 0.2) is 0 Å². The van der Waals surface area contributed by atoms with E-state index in [1.807, 2.05) is 0 Å². The van der Waals surface area contributed by atoms with Crippen LogP contribution in [0, 0.1) is 5.92 Å². The summed E-state index contributed by atoms with van der Waals surface area (Å²) in [5.74, 6) is 0.652. The molecule has 0 aromatic carbocycles. The van der Waals surface area contributed by atoms with Crippen LogP contribution in [-0.2, 0) is 5.41 Å². The van der Waals surface area contributed by atoms with E-state index in [9.17, 15) is 0 Å². The number of fused-ring (bicyclic) bond motifs is 1. The van der Waals surface area contributed by atoms with Gasteiger partial charge in [0.2, 0.25) is 0 Å². The van der Waals surface area contributed by atoms with E-state index in [0.717, 1.165) is 19.3 Å². The molecule has 2 heterocycles. The highest BCUT2D eigenvalue weighted by Crippen LogP contribution is 2.46. The highest BCUT2D eigenvalue weighted by molar-refractivity contribution is 5.79. The van der Waals surface area contributed by atoms with Gasteiger partial charge in [-0.1, -0.05) is 60.5 Å². The second kappa shape index (κ2) is 9.57. The molecular weight excluding hydrogens is 328 g/mol. The number of allylic oxidation sites excluding steroid dienone is 2. The van der Waals surface area contributed by atoms with Crippen LogP contribution in [0.25, 0.3) is 6.08 Å². The molecule has 2 atom stereocenters. The molecule has 0 N–H and O–H groups in total. The van der Waals surface area contributed by atoms with E-state index >= 15 is 0 Å². The Hall–Kier alpha value is -1.57. The lowest BCUT2D eigenvalue weighted by Crippen LogP contribution is -2.42. The van der Waals surface area contributed by atoms with Gasteiger partial charge in [-0.15, -0.1) is 0 Å². The van der Waals surface area contributed by atoms with E-state index in [1.54, 1.807) is 0 Å². The minimum Gasteiger partial charge on any atom is -0.338 e. The molecule has 2 nitrogen and oxygen atoms in total. The lowest BCUT2D eigenvalue weighted by molar-refractivity contribution is 0.373. The van der Waals surface area contributed by atoms with Crippen molar-refractivity contribution in [1.82, 2.24) is 4.98 Å². The number of anilines is 1. The van der Waals surface area contributed by atoms with E-state index < -0.39 is 0 Å². The summed E-state index contributed by atoms with van der Waals surface area (Å²) in [5, 5.41) is 0. The molecule has 2 heteroatoms. The monoisotopic (exact) mass is 368 g/mol. The van der Waals surface area contributed by atoms with Crippen LogP contribution in [0.2, 0.25) is 0 Å². The van der Waals surface area contributed by atoms with Crippen LogP contribution in [0.5, 0.6) is 0 Å². The third-order valence-electron chi connectivity index (χ3n) is 7.01. The molecule has 27 heavy (non-hydrogen) atoms. The van der Waals surface area contributed by atoms with Crippen molar-refractivity contribution in [2.45, 2.75) is 98.4 Å². The molecular formula is C25H40N2. The number of hydrogen-bond donors (Lipinski definition) is 0. The molecule has 0 amide bonds. The zero-order chi connectivity index (χ0) is 20.0. The second-order valence-corrected chi connectivity index (χ2v) is 8.12. The Morgan fingerprint density at radius 2 is 1.70 bits per heavy atom. The van der Waals surface area contributed by atoms with Crippen molar-refractivity contribution >= 4 is 11.8 Å². The Bertz CT molecular complexity index is 659. The summed E-state index contributed by atoms with van der Waals surface area (Å²) in [4.78, 5) is 7.33. The summed E-state index contributed by atoms with van der Waals surface area (Å²) in [6.45, 7) is 16.2. The minimum atomic E-state index is 0.201. The van der Waals surface area contributed by atoms with Crippen molar-refractivity contribution in [1.29, 1.82) is 0 Å². The van der Waals surface area contributed by atoms with Gasteiger partial charge in [-0.05, 0) is 56.1 Å². The summed E-state index contributed by atoms with van der Waals surface area (Å²) in [6, 6.07) is 0.527. The molecule has 0 spiro atoms. The normalized spacial score (nSPS) is 17.9. The third-order valence-corrected chi connectivity index (χ3v) is 7.01. The highest BCUT2D eigenvalue weighted by atomic mass is 15.2. The van der Waals surface area contributed by atoms with Crippen LogP contribution in [0.1, 0.15) is 98.1 Å². The van der Waals surface area contributed by atoms with Gasteiger partial charge in [-0.2, -0.15) is 0 Å². The van der Waals surface area contributed by atoms with Crippen molar-refractivity contribution in [2.24, 2.45) is 5.92 Å². The van der Waals surface area contributed by atoms with Crippen LogP contribution < -0.4 is 4.90 Å². The smallest absolute Gasteiger partial charge is 0.0556 e. The molecule has 1 aromatic rings. The molecule has 0 aliphatic carbocycles. The van der Waals surface area contributed by atoms with E-state index in [4.69, 9.17) is 0 Å².